The molecule has 0 heterocycles. The number of hydrogen-bond acceptors (Lipinski definition) is 4. The zero-order chi connectivity index (χ0) is 23.8. The van der Waals surface area contributed by atoms with Gasteiger partial charge in [0.25, 0.3) is 10.0 Å². The molecule has 0 saturated carbocycles. The Hall–Kier alpha value is -3.32. The number of nitrogens with one attached hydrogen (secondary N) is 1. The van der Waals surface area contributed by atoms with Crippen molar-refractivity contribution in [1.29, 1.82) is 0 Å². The maximum absolute atomic E-state index is 13.5. The van der Waals surface area contributed by atoms with Crippen molar-refractivity contribution in [1.82, 2.24) is 5.32 Å². The highest BCUT2D eigenvalue weighted by molar-refractivity contribution is 7.92. The lowest BCUT2D eigenvalue weighted by Gasteiger charge is -2.26. The van der Waals surface area contributed by atoms with Gasteiger partial charge in [0.05, 0.1) is 23.2 Å². The van der Waals surface area contributed by atoms with Gasteiger partial charge in [-0.2, -0.15) is 0 Å². The van der Waals surface area contributed by atoms with Crippen LogP contribution in [-0.2, 0) is 14.8 Å². The molecule has 3 aromatic rings. The van der Waals surface area contributed by atoms with Gasteiger partial charge >= 0.3 is 0 Å². The summed E-state index contributed by atoms with van der Waals surface area (Å²) in [5, 5.41) is 2.99. The average Bonchev–Trinajstić information content (AvgIpc) is 2.82. The van der Waals surface area contributed by atoms with Crippen molar-refractivity contribution in [2.45, 2.75) is 38.1 Å². The van der Waals surface area contributed by atoms with Crippen LogP contribution in [0.5, 0.6) is 5.75 Å². The van der Waals surface area contributed by atoms with E-state index in [1.807, 2.05) is 45.0 Å². The largest absolute Gasteiger partial charge is 0.494 e. The van der Waals surface area contributed by atoms with E-state index in [9.17, 15) is 13.2 Å². The number of para-hydroxylation sites is 1. The Kier molecular flexibility index (Phi) is 8.11. The number of sulfonamides is 1. The van der Waals surface area contributed by atoms with Gasteiger partial charge in [-0.1, -0.05) is 55.0 Å². The molecular formula is C26H30N2O4S. The molecule has 0 aliphatic heterocycles. The second kappa shape index (κ2) is 11.0. The molecule has 0 aromatic heterocycles. The molecule has 0 unspecified atom stereocenters. The standard InChI is InChI=1S/C26H30N2O4S/c1-4-25(21-13-11-20(3)12-14-21)27-26(29)19-28(22-9-7-6-8-10-22)33(30,31)24-17-15-23(16-18-24)32-5-2/h6-18,25H,4-5,19H2,1-3H3,(H,27,29)/t25-/m1/s1. The van der Waals surface area contributed by atoms with Crippen LogP contribution < -0.4 is 14.4 Å². The van der Waals surface area contributed by atoms with Crippen LogP contribution in [0.1, 0.15) is 37.4 Å². The molecule has 33 heavy (non-hydrogen) atoms. The van der Waals surface area contributed by atoms with E-state index in [4.69, 9.17) is 4.74 Å². The Balaban J connectivity index is 1.86. The van der Waals surface area contributed by atoms with Crippen LogP contribution in [0, 0.1) is 6.92 Å². The quantitative estimate of drug-likeness (QED) is 0.463. The lowest BCUT2D eigenvalue weighted by atomic mass is 10.0. The number of hydrogen-bond donors (Lipinski definition) is 1. The lowest BCUT2D eigenvalue weighted by Crippen LogP contribution is -2.42. The summed E-state index contributed by atoms with van der Waals surface area (Å²) in [5.74, 6) is 0.213. The fourth-order valence-electron chi connectivity index (χ4n) is 3.50. The van der Waals surface area contributed by atoms with Gasteiger partial charge in [-0.15, -0.1) is 0 Å². The molecule has 0 radical (unpaired) electrons. The van der Waals surface area contributed by atoms with Gasteiger partial charge < -0.3 is 10.1 Å². The summed E-state index contributed by atoms with van der Waals surface area (Å²) in [6.45, 7) is 6.01. The second-order valence-corrected chi connectivity index (χ2v) is 9.55. The Morgan fingerprint density at radius 1 is 0.939 bits per heavy atom. The third-order valence-electron chi connectivity index (χ3n) is 5.28. The highest BCUT2D eigenvalue weighted by atomic mass is 32.2. The van der Waals surface area contributed by atoms with Crippen LogP contribution in [0.4, 0.5) is 5.69 Å². The molecule has 3 aromatic carbocycles. The van der Waals surface area contributed by atoms with Gasteiger partial charge in [0.1, 0.15) is 12.3 Å². The average molecular weight is 467 g/mol. The van der Waals surface area contributed by atoms with Crippen molar-refractivity contribution in [2.75, 3.05) is 17.5 Å². The smallest absolute Gasteiger partial charge is 0.264 e. The number of nitrogens with zero attached hydrogens (tertiary/aromatic N) is 1. The number of aryl methyl sites for hydroxylation is 1. The minimum absolute atomic E-state index is 0.0909. The zero-order valence-corrected chi connectivity index (χ0v) is 20.0. The van der Waals surface area contributed by atoms with Crippen LogP contribution in [0.3, 0.4) is 0 Å². The van der Waals surface area contributed by atoms with Crippen LogP contribution in [-0.4, -0.2) is 27.5 Å². The number of benzene rings is 3. The summed E-state index contributed by atoms with van der Waals surface area (Å²) in [5.41, 5.74) is 2.54. The molecule has 0 spiro atoms. The summed E-state index contributed by atoms with van der Waals surface area (Å²) in [6.07, 6.45) is 0.686. The number of rotatable bonds is 10. The van der Waals surface area contributed by atoms with Crippen LogP contribution in [0.25, 0.3) is 0 Å². The van der Waals surface area contributed by atoms with Gasteiger partial charge in [0.15, 0.2) is 0 Å². The van der Waals surface area contributed by atoms with Crippen LogP contribution in [0.2, 0.25) is 0 Å². The van der Waals surface area contributed by atoms with Crippen molar-refractivity contribution in [3.63, 3.8) is 0 Å². The Labute approximate surface area is 196 Å². The van der Waals surface area contributed by atoms with E-state index in [1.54, 1.807) is 42.5 Å². The van der Waals surface area contributed by atoms with Gasteiger partial charge in [0, 0.05) is 0 Å². The topological polar surface area (TPSA) is 75.7 Å². The van der Waals surface area contributed by atoms with Gasteiger partial charge in [-0.25, -0.2) is 8.42 Å². The number of carbonyl (C=O) groups is 1. The van der Waals surface area contributed by atoms with E-state index in [2.05, 4.69) is 5.32 Å². The SMILES string of the molecule is CCOc1ccc(S(=O)(=O)N(CC(=O)N[C@H](CC)c2ccc(C)cc2)c2ccccc2)cc1. The number of amides is 1. The summed E-state index contributed by atoms with van der Waals surface area (Å²) in [6, 6.07) is 22.6. The molecule has 0 aliphatic carbocycles. The van der Waals surface area contributed by atoms with E-state index in [0.29, 0.717) is 24.5 Å². The van der Waals surface area contributed by atoms with Crippen molar-refractivity contribution < 1.29 is 17.9 Å². The molecule has 0 aliphatic rings. The molecule has 6 nitrogen and oxygen atoms in total. The third-order valence-corrected chi connectivity index (χ3v) is 7.07. The third kappa shape index (κ3) is 6.14. The zero-order valence-electron chi connectivity index (χ0n) is 19.2. The minimum atomic E-state index is -3.98. The fraction of sp³-hybridized carbons (Fsp3) is 0.269. The van der Waals surface area contributed by atoms with E-state index < -0.39 is 10.0 Å². The fourth-order valence-corrected chi connectivity index (χ4v) is 4.92. The molecule has 0 saturated heterocycles. The summed E-state index contributed by atoms with van der Waals surface area (Å²) in [7, 11) is -3.98. The van der Waals surface area contributed by atoms with E-state index >= 15 is 0 Å². The maximum atomic E-state index is 13.5. The highest BCUT2D eigenvalue weighted by Gasteiger charge is 2.28. The van der Waals surface area contributed by atoms with Gasteiger partial charge in [-0.05, 0) is 62.2 Å². The predicted molar refractivity (Wildman–Crippen MR) is 131 cm³/mol. The maximum Gasteiger partial charge on any atom is 0.264 e. The molecule has 0 bridgehead atoms. The van der Waals surface area contributed by atoms with E-state index in [-0.39, 0.29) is 23.4 Å². The van der Waals surface area contributed by atoms with Crippen molar-refractivity contribution in [2.24, 2.45) is 0 Å². The van der Waals surface area contributed by atoms with Gasteiger partial charge in [0.2, 0.25) is 5.91 Å². The number of ether oxygens (including phenoxy) is 1. The molecule has 7 heteroatoms. The van der Waals surface area contributed by atoms with Crippen molar-refractivity contribution in [3.8, 4) is 5.75 Å². The lowest BCUT2D eigenvalue weighted by molar-refractivity contribution is -0.120. The normalized spacial score (nSPS) is 12.1. The Bertz CT molecular complexity index is 1150. The molecule has 1 N–H and O–H groups in total. The first-order valence-corrected chi connectivity index (χ1v) is 12.5. The Morgan fingerprint density at radius 2 is 1.58 bits per heavy atom. The van der Waals surface area contributed by atoms with E-state index in [1.165, 1.54) is 12.1 Å². The van der Waals surface area contributed by atoms with Crippen molar-refractivity contribution in [3.05, 3.63) is 90.0 Å². The molecule has 1 atom stereocenters. The number of carbonyl (C=O) groups excluding carboxylic acids is 1. The summed E-state index contributed by atoms with van der Waals surface area (Å²) < 4.78 is 33.6. The first kappa shape index (κ1) is 24.3. The molecule has 1 amide bonds. The molecule has 0 fully saturated rings. The number of anilines is 1. The minimum Gasteiger partial charge on any atom is -0.494 e. The van der Waals surface area contributed by atoms with Crippen molar-refractivity contribution >= 4 is 21.6 Å². The van der Waals surface area contributed by atoms with E-state index in [0.717, 1.165) is 15.4 Å². The second-order valence-electron chi connectivity index (χ2n) is 7.69. The summed E-state index contributed by atoms with van der Waals surface area (Å²) >= 11 is 0. The van der Waals surface area contributed by atoms with Crippen LogP contribution in [0.15, 0.2) is 83.8 Å². The molecule has 3 rings (SSSR count). The van der Waals surface area contributed by atoms with Crippen LogP contribution >= 0.6 is 0 Å². The first-order chi connectivity index (χ1) is 15.8. The predicted octanol–water partition coefficient (Wildman–Crippen LogP) is 4.86. The Morgan fingerprint density at radius 3 is 2.15 bits per heavy atom. The summed E-state index contributed by atoms with van der Waals surface area (Å²) in [4.78, 5) is 13.1. The monoisotopic (exact) mass is 466 g/mol. The molecular weight excluding hydrogens is 436 g/mol. The first-order valence-electron chi connectivity index (χ1n) is 11.0. The molecule has 174 valence electrons. The van der Waals surface area contributed by atoms with Gasteiger partial charge in [-0.3, -0.25) is 9.10 Å². The highest BCUT2D eigenvalue weighted by Crippen LogP contribution is 2.25.